The van der Waals surface area contributed by atoms with E-state index < -0.39 is 0 Å². The smallest absolute Gasteiger partial charge is 0.182 e. The normalized spacial score (nSPS) is 25.3. The second-order valence-corrected chi connectivity index (χ2v) is 6.81. The van der Waals surface area contributed by atoms with Crippen molar-refractivity contribution in [3.8, 4) is 0 Å². The second kappa shape index (κ2) is 6.53. The summed E-state index contributed by atoms with van der Waals surface area (Å²) in [7, 11) is 0. The van der Waals surface area contributed by atoms with E-state index in [4.69, 9.17) is 0 Å². The highest BCUT2D eigenvalue weighted by atomic mass is 32.1. The molecule has 18 heavy (non-hydrogen) atoms. The number of piperidine rings is 1. The average molecular weight is 267 g/mol. The van der Waals surface area contributed by atoms with Crippen LogP contribution >= 0.6 is 11.3 Å². The molecule has 1 saturated heterocycles. The Kier molecular flexibility index (Phi) is 5.01. The summed E-state index contributed by atoms with van der Waals surface area (Å²) >= 11 is 1.81. The Hall–Kier alpha value is -0.610. The molecule has 0 saturated carbocycles. The Morgan fingerprint density at radius 1 is 1.39 bits per heavy atom. The van der Waals surface area contributed by atoms with Crippen molar-refractivity contribution in [1.82, 2.24) is 9.88 Å². The maximum Gasteiger partial charge on any atom is 0.182 e. The van der Waals surface area contributed by atoms with Gasteiger partial charge in [0, 0.05) is 37.3 Å². The maximum absolute atomic E-state index is 4.44. The van der Waals surface area contributed by atoms with Crippen LogP contribution in [0.4, 0.5) is 5.13 Å². The minimum Gasteiger partial charge on any atom is -0.362 e. The number of likely N-dealkylation sites (tertiary alicyclic amines) is 1. The van der Waals surface area contributed by atoms with Crippen molar-refractivity contribution in [2.75, 3.05) is 25.0 Å². The molecular formula is C14H25N3S. The molecule has 0 aliphatic carbocycles. The lowest BCUT2D eigenvalue weighted by Crippen LogP contribution is -2.37. The van der Waals surface area contributed by atoms with Gasteiger partial charge in [0.15, 0.2) is 5.13 Å². The fourth-order valence-corrected chi connectivity index (χ4v) is 3.72. The van der Waals surface area contributed by atoms with Crippen LogP contribution in [0.25, 0.3) is 0 Å². The van der Waals surface area contributed by atoms with Crippen LogP contribution in [0.2, 0.25) is 0 Å². The number of thiazole rings is 1. The summed E-state index contributed by atoms with van der Waals surface area (Å²) in [5.74, 6) is 1.67. The van der Waals surface area contributed by atoms with E-state index in [1.807, 2.05) is 6.20 Å². The van der Waals surface area contributed by atoms with Gasteiger partial charge in [0.1, 0.15) is 0 Å². The quantitative estimate of drug-likeness (QED) is 0.885. The van der Waals surface area contributed by atoms with Gasteiger partial charge in [0.25, 0.3) is 0 Å². The van der Waals surface area contributed by atoms with Gasteiger partial charge in [0.05, 0.1) is 0 Å². The van der Waals surface area contributed by atoms with Gasteiger partial charge in [-0.2, -0.15) is 0 Å². The van der Waals surface area contributed by atoms with Crippen LogP contribution in [-0.2, 0) is 6.54 Å². The molecule has 0 aromatic carbocycles. The highest BCUT2D eigenvalue weighted by Gasteiger charge is 2.22. The lowest BCUT2D eigenvalue weighted by atomic mass is 9.92. The van der Waals surface area contributed by atoms with Gasteiger partial charge in [-0.25, -0.2) is 4.98 Å². The van der Waals surface area contributed by atoms with Gasteiger partial charge in [-0.05, 0) is 24.7 Å². The summed E-state index contributed by atoms with van der Waals surface area (Å²) in [6.45, 7) is 11.5. The van der Waals surface area contributed by atoms with Gasteiger partial charge in [0.2, 0.25) is 0 Å². The highest BCUT2D eigenvalue weighted by molar-refractivity contribution is 7.15. The number of nitrogens with one attached hydrogen (secondary N) is 1. The van der Waals surface area contributed by atoms with E-state index in [1.165, 1.54) is 24.4 Å². The summed E-state index contributed by atoms with van der Waals surface area (Å²) in [5.41, 5.74) is 0. The molecule has 0 bridgehead atoms. The predicted octanol–water partition coefficient (Wildman–Crippen LogP) is 3.44. The first-order chi connectivity index (χ1) is 8.67. The van der Waals surface area contributed by atoms with E-state index in [1.54, 1.807) is 11.3 Å². The maximum atomic E-state index is 4.44. The molecular weight excluding hydrogens is 242 g/mol. The average Bonchev–Trinajstić information content (AvgIpc) is 2.72. The standard InChI is InChI=1S/C14H25N3S/c1-4-5-15-14-16-7-13(18-14)10-17-8-11(2)6-12(3)9-17/h7,11-12H,4-6,8-10H2,1-3H3,(H,15,16). The summed E-state index contributed by atoms with van der Waals surface area (Å²) in [5, 5.41) is 4.43. The SMILES string of the molecule is CCCNc1ncc(CN2CC(C)CC(C)C2)s1. The predicted molar refractivity (Wildman–Crippen MR) is 79.1 cm³/mol. The van der Waals surface area contributed by atoms with E-state index in [0.717, 1.165) is 36.5 Å². The van der Waals surface area contributed by atoms with Crippen molar-refractivity contribution >= 4 is 16.5 Å². The molecule has 2 heterocycles. The fraction of sp³-hybridized carbons (Fsp3) is 0.786. The number of hydrogen-bond donors (Lipinski definition) is 1. The van der Waals surface area contributed by atoms with Crippen molar-refractivity contribution in [1.29, 1.82) is 0 Å². The molecule has 3 nitrogen and oxygen atoms in total. The molecule has 0 spiro atoms. The lowest BCUT2D eigenvalue weighted by Gasteiger charge is -2.34. The highest BCUT2D eigenvalue weighted by Crippen LogP contribution is 2.25. The second-order valence-electron chi connectivity index (χ2n) is 5.70. The first kappa shape index (κ1) is 13.8. The molecule has 0 radical (unpaired) electrons. The molecule has 1 N–H and O–H groups in total. The summed E-state index contributed by atoms with van der Waals surface area (Å²) < 4.78 is 0. The number of hydrogen-bond acceptors (Lipinski definition) is 4. The van der Waals surface area contributed by atoms with Gasteiger partial charge >= 0.3 is 0 Å². The van der Waals surface area contributed by atoms with Crippen molar-refractivity contribution < 1.29 is 0 Å². The minimum absolute atomic E-state index is 0.833. The zero-order valence-electron chi connectivity index (χ0n) is 11.8. The van der Waals surface area contributed by atoms with Crippen LogP contribution in [0.5, 0.6) is 0 Å². The monoisotopic (exact) mass is 267 g/mol. The zero-order valence-corrected chi connectivity index (χ0v) is 12.6. The third kappa shape index (κ3) is 3.95. The molecule has 4 heteroatoms. The molecule has 0 amide bonds. The third-order valence-electron chi connectivity index (χ3n) is 3.40. The van der Waals surface area contributed by atoms with Gasteiger partial charge in [-0.1, -0.05) is 20.8 Å². The van der Waals surface area contributed by atoms with Crippen LogP contribution in [0.15, 0.2) is 6.20 Å². The largest absolute Gasteiger partial charge is 0.362 e. The third-order valence-corrected chi connectivity index (χ3v) is 4.34. The minimum atomic E-state index is 0.833. The van der Waals surface area contributed by atoms with E-state index in [-0.39, 0.29) is 0 Å². The van der Waals surface area contributed by atoms with Gasteiger partial charge < -0.3 is 5.32 Å². The molecule has 1 aromatic heterocycles. The summed E-state index contributed by atoms with van der Waals surface area (Å²) in [6, 6.07) is 0. The number of anilines is 1. The van der Waals surface area contributed by atoms with E-state index in [9.17, 15) is 0 Å². The van der Waals surface area contributed by atoms with Crippen LogP contribution in [0.1, 0.15) is 38.5 Å². The molecule has 2 unspecified atom stereocenters. The Morgan fingerprint density at radius 2 is 2.11 bits per heavy atom. The summed E-state index contributed by atoms with van der Waals surface area (Å²) in [4.78, 5) is 8.40. The number of aromatic nitrogens is 1. The van der Waals surface area contributed by atoms with Crippen LogP contribution in [0.3, 0.4) is 0 Å². The van der Waals surface area contributed by atoms with Crippen LogP contribution < -0.4 is 5.32 Å². The molecule has 102 valence electrons. The molecule has 1 aliphatic heterocycles. The topological polar surface area (TPSA) is 28.2 Å². The molecule has 2 rings (SSSR count). The van der Waals surface area contributed by atoms with Gasteiger partial charge in [-0.3, -0.25) is 4.90 Å². The first-order valence-electron chi connectivity index (χ1n) is 7.08. The summed E-state index contributed by atoms with van der Waals surface area (Å²) in [6.07, 6.45) is 4.56. The van der Waals surface area contributed by atoms with E-state index in [2.05, 4.69) is 36.0 Å². The Labute approximate surface area is 115 Å². The molecule has 1 aromatic rings. The van der Waals surface area contributed by atoms with Crippen molar-refractivity contribution in [3.63, 3.8) is 0 Å². The fourth-order valence-electron chi connectivity index (χ4n) is 2.84. The first-order valence-corrected chi connectivity index (χ1v) is 7.90. The van der Waals surface area contributed by atoms with Crippen molar-refractivity contribution in [2.24, 2.45) is 11.8 Å². The van der Waals surface area contributed by atoms with Gasteiger partial charge in [-0.15, -0.1) is 11.3 Å². The van der Waals surface area contributed by atoms with Crippen LogP contribution in [-0.4, -0.2) is 29.5 Å². The molecule has 1 aliphatic rings. The van der Waals surface area contributed by atoms with Crippen LogP contribution in [0, 0.1) is 11.8 Å². The van der Waals surface area contributed by atoms with E-state index >= 15 is 0 Å². The number of rotatable bonds is 5. The van der Waals surface area contributed by atoms with E-state index in [0.29, 0.717) is 0 Å². The van der Waals surface area contributed by atoms with Crippen molar-refractivity contribution in [3.05, 3.63) is 11.1 Å². The number of nitrogens with zero attached hydrogens (tertiary/aromatic N) is 2. The molecule has 1 fully saturated rings. The molecule has 2 atom stereocenters. The Morgan fingerprint density at radius 3 is 2.78 bits per heavy atom. The Bertz CT molecular complexity index is 354. The van der Waals surface area contributed by atoms with Crippen molar-refractivity contribution in [2.45, 2.75) is 40.2 Å². The lowest BCUT2D eigenvalue weighted by molar-refractivity contribution is 0.135. The Balaban J connectivity index is 1.86. The zero-order chi connectivity index (χ0) is 13.0.